The molecule has 0 unspecified atom stereocenters. The molecule has 3 aromatic carbocycles. The van der Waals surface area contributed by atoms with E-state index in [2.05, 4.69) is 5.32 Å². The molecule has 0 aliphatic rings. The normalized spacial score (nSPS) is 11.7. The van der Waals surface area contributed by atoms with Crippen LogP contribution >= 0.6 is 46.4 Å². The van der Waals surface area contributed by atoms with Gasteiger partial charge in [0.25, 0.3) is 0 Å². The Kier molecular flexibility index (Phi) is 10.3. The predicted octanol–water partition coefficient (Wildman–Crippen LogP) is 7.01. The minimum absolute atomic E-state index is 0.0494. The smallest absolute Gasteiger partial charge is 0.243 e. The van der Waals surface area contributed by atoms with E-state index in [4.69, 9.17) is 46.4 Å². The number of hydrogen-bond acceptors (Lipinski definition) is 2. The van der Waals surface area contributed by atoms with Gasteiger partial charge in [-0.15, -0.1) is 0 Å². The van der Waals surface area contributed by atoms with Gasteiger partial charge in [0.2, 0.25) is 11.8 Å². The highest BCUT2D eigenvalue weighted by Crippen LogP contribution is 2.27. The van der Waals surface area contributed by atoms with Crippen LogP contribution in [0.15, 0.2) is 66.7 Å². The van der Waals surface area contributed by atoms with Crippen molar-refractivity contribution in [2.45, 2.75) is 38.8 Å². The maximum atomic E-state index is 13.8. The van der Waals surface area contributed by atoms with Gasteiger partial charge < -0.3 is 10.2 Å². The molecule has 2 amide bonds. The Morgan fingerprint density at radius 2 is 1.51 bits per heavy atom. The van der Waals surface area contributed by atoms with Crippen LogP contribution in [0.4, 0.5) is 0 Å². The molecular formula is C27H26Cl4N2O2. The van der Waals surface area contributed by atoms with Crippen LogP contribution in [-0.2, 0) is 29.0 Å². The molecule has 0 saturated carbocycles. The zero-order chi connectivity index (χ0) is 25.4. The Balaban J connectivity index is 2.01. The van der Waals surface area contributed by atoms with E-state index >= 15 is 0 Å². The van der Waals surface area contributed by atoms with Crippen LogP contribution in [0.25, 0.3) is 0 Å². The quantitative estimate of drug-likeness (QED) is 0.294. The van der Waals surface area contributed by atoms with Gasteiger partial charge in [-0.3, -0.25) is 9.59 Å². The first kappa shape index (κ1) is 27.3. The first-order valence-corrected chi connectivity index (χ1v) is 12.8. The molecule has 0 bridgehead atoms. The third-order valence-electron chi connectivity index (χ3n) is 5.55. The van der Waals surface area contributed by atoms with Gasteiger partial charge in [-0.05, 0) is 47.4 Å². The van der Waals surface area contributed by atoms with E-state index in [1.54, 1.807) is 41.3 Å². The lowest BCUT2D eigenvalue weighted by Gasteiger charge is -2.32. The van der Waals surface area contributed by atoms with Gasteiger partial charge in [0.05, 0.1) is 16.5 Å². The van der Waals surface area contributed by atoms with Crippen molar-refractivity contribution in [3.63, 3.8) is 0 Å². The molecule has 1 atom stereocenters. The van der Waals surface area contributed by atoms with E-state index < -0.39 is 6.04 Å². The second kappa shape index (κ2) is 13.2. The van der Waals surface area contributed by atoms with E-state index in [9.17, 15) is 9.59 Å². The van der Waals surface area contributed by atoms with Gasteiger partial charge in [0.1, 0.15) is 6.04 Å². The Hall–Kier alpha value is -2.24. The fourth-order valence-corrected chi connectivity index (χ4v) is 4.56. The Bertz CT molecular complexity index is 1150. The van der Waals surface area contributed by atoms with Crippen LogP contribution < -0.4 is 5.32 Å². The fourth-order valence-electron chi connectivity index (χ4n) is 3.71. The maximum absolute atomic E-state index is 13.8. The van der Waals surface area contributed by atoms with Crippen molar-refractivity contribution < 1.29 is 9.59 Å². The number of hydrogen-bond donors (Lipinski definition) is 1. The van der Waals surface area contributed by atoms with Gasteiger partial charge in [-0.2, -0.15) is 0 Å². The summed E-state index contributed by atoms with van der Waals surface area (Å²) in [5.41, 5.74) is 2.21. The summed E-state index contributed by atoms with van der Waals surface area (Å²) in [6.45, 7) is 2.65. The van der Waals surface area contributed by atoms with Gasteiger partial charge in [-0.25, -0.2) is 0 Å². The number of nitrogens with one attached hydrogen (secondary N) is 1. The van der Waals surface area contributed by atoms with E-state index in [1.807, 2.05) is 37.3 Å². The largest absolute Gasteiger partial charge is 0.354 e. The summed E-state index contributed by atoms with van der Waals surface area (Å²) in [5.74, 6) is -0.506. The SMILES string of the molecule is CCCNC(=O)[C@H](Cc1ccccc1)N(Cc1ccc(Cl)c(Cl)c1)C(=O)Cc1c(Cl)cccc1Cl. The second-order valence-electron chi connectivity index (χ2n) is 8.14. The number of carbonyl (C=O) groups is 2. The molecule has 0 heterocycles. The van der Waals surface area contributed by atoms with E-state index in [1.165, 1.54) is 0 Å². The van der Waals surface area contributed by atoms with Crippen molar-refractivity contribution in [2.75, 3.05) is 6.54 Å². The molecule has 35 heavy (non-hydrogen) atoms. The van der Waals surface area contributed by atoms with E-state index in [-0.39, 0.29) is 24.8 Å². The minimum Gasteiger partial charge on any atom is -0.354 e. The number of nitrogens with zero attached hydrogens (tertiary/aromatic N) is 1. The Morgan fingerprint density at radius 3 is 2.14 bits per heavy atom. The summed E-state index contributed by atoms with van der Waals surface area (Å²) in [6.07, 6.45) is 1.08. The minimum atomic E-state index is -0.757. The molecular weight excluding hydrogens is 526 g/mol. The van der Waals surface area contributed by atoms with Crippen LogP contribution in [0.5, 0.6) is 0 Å². The fraction of sp³-hybridized carbons (Fsp3) is 0.259. The number of amides is 2. The van der Waals surface area contributed by atoms with E-state index in [0.717, 1.165) is 17.5 Å². The molecule has 0 aliphatic carbocycles. The number of benzene rings is 3. The van der Waals surface area contributed by atoms with E-state index in [0.29, 0.717) is 38.6 Å². The predicted molar refractivity (Wildman–Crippen MR) is 144 cm³/mol. The summed E-state index contributed by atoms with van der Waals surface area (Å²) in [4.78, 5) is 28.7. The second-order valence-corrected chi connectivity index (χ2v) is 9.77. The lowest BCUT2D eigenvalue weighted by Crippen LogP contribution is -2.51. The van der Waals surface area contributed by atoms with Gasteiger partial charge in [-0.1, -0.05) is 95.8 Å². The summed E-state index contributed by atoms with van der Waals surface area (Å²) in [5, 5.41) is 4.54. The van der Waals surface area contributed by atoms with Crippen molar-refractivity contribution in [3.8, 4) is 0 Å². The average Bonchev–Trinajstić information content (AvgIpc) is 2.84. The molecule has 184 valence electrons. The summed E-state index contributed by atoms with van der Waals surface area (Å²) >= 11 is 25.0. The zero-order valence-corrected chi connectivity index (χ0v) is 22.3. The zero-order valence-electron chi connectivity index (χ0n) is 19.2. The van der Waals surface area contributed by atoms with Crippen LogP contribution in [0.3, 0.4) is 0 Å². The number of halogens is 4. The lowest BCUT2D eigenvalue weighted by atomic mass is 10.0. The molecule has 0 radical (unpaired) electrons. The Morgan fingerprint density at radius 1 is 0.829 bits per heavy atom. The molecule has 3 rings (SSSR count). The summed E-state index contributed by atoms with van der Waals surface area (Å²) in [6, 6.07) is 19.1. The van der Waals surface area contributed by atoms with Gasteiger partial charge >= 0.3 is 0 Å². The molecule has 3 aromatic rings. The van der Waals surface area contributed by atoms with Gasteiger partial charge in [0.15, 0.2) is 0 Å². The third kappa shape index (κ3) is 7.62. The third-order valence-corrected chi connectivity index (χ3v) is 6.99. The van der Waals surface area contributed by atoms with Crippen LogP contribution in [0, 0.1) is 0 Å². The molecule has 8 heteroatoms. The van der Waals surface area contributed by atoms with Crippen molar-refractivity contribution in [3.05, 3.63) is 104 Å². The molecule has 0 saturated heterocycles. The van der Waals surface area contributed by atoms with Crippen molar-refractivity contribution in [2.24, 2.45) is 0 Å². The highest BCUT2D eigenvalue weighted by atomic mass is 35.5. The average molecular weight is 552 g/mol. The topological polar surface area (TPSA) is 49.4 Å². The van der Waals surface area contributed by atoms with Gasteiger partial charge in [0, 0.05) is 29.6 Å². The first-order chi connectivity index (χ1) is 16.8. The molecule has 0 aliphatic heterocycles. The highest BCUT2D eigenvalue weighted by Gasteiger charge is 2.31. The molecule has 0 fully saturated rings. The number of carbonyl (C=O) groups excluding carboxylic acids is 2. The standard InChI is InChI=1S/C27H26Cl4N2O2/c1-2-13-32-27(35)25(15-18-7-4-3-5-8-18)33(17-19-11-12-23(30)24(31)14-19)26(34)16-20-21(28)9-6-10-22(20)29/h3-12,14,25H,2,13,15-17H2,1H3,(H,32,35)/t25-/m0/s1. The summed E-state index contributed by atoms with van der Waals surface area (Å²) < 4.78 is 0. The van der Waals surface area contributed by atoms with Crippen molar-refractivity contribution in [1.29, 1.82) is 0 Å². The Labute approximate surface area is 226 Å². The van der Waals surface area contributed by atoms with Crippen LogP contribution in [0.2, 0.25) is 20.1 Å². The molecule has 0 spiro atoms. The van der Waals surface area contributed by atoms with Crippen LogP contribution in [-0.4, -0.2) is 29.3 Å². The van der Waals surface area contributed by atoms with Crippen molar-refractivity contribution in [1.82, 2.24) is 10.2 Å². The number of rotatable bonds is 10. The molecule has 0 aromatic heterocycles. The van der Waals surface area contributed by atoms with Crippen molar-refractivity contribution >= 4 is 58.2 Å². The lowest BCUT2D eigenvalue weighted by molar-refractivity contribution is -0.140. The first-order valence-electron chi connectivity index (χ1n) is 11.3. The summed E-state index contributed by atoms with van der Waals surface area (Å²) in [7, 11) is 0. The molecule has 4 nitrogen and oxygen atoms in total. The monoisotopic (exact) mass is 550 g/mol. The van der Waals surface area contributed by atoms with Crippen LogP contribution in [0.1, 0.15) is 30.0 Å². The highest BCUT2D eigenvalue weighted by molar-refractivity contribution is 6.42. The molecule has 1 N–H and O–H groups in total. The maximum Gasteiger partial charge on any atom is 0.243 e.